The molecule has 3 nitrogen and oxygen atoms in total. The first-order valence-corrected chi connectivity index (χ1v) is 0. The predicted molar refractivity (Wildman–Crippen MR) is 42.2 cm³/mol. The molecule has 8 heteroatoms. The van der Waals surface area contributed by atoms with Gasteiger partial charge in [0.15, 0.2) is 34.7 Å². The number of hydrogen-bond donors (Lipinski definition) is 0. The molecule has 0 saturated carbocycles. The molecule has 6 radical (unpaired) electrons. The van der Waals surface area contributed by atoms with Crippen molar-refractivity contribution < 1.29 is 37.5 Å². The van der Waals surface area contributed by atoms with Crippen molar-refractivity contribution in [1.82, 2.24) is 0 Å². The van der Waals surface area contributed by atoms with E-state index in [1.165, 1.54) is 0 Å². The summed E-state index contributed by atoms with van der Waals surface area (Å²) in [6.45, 7) is 0. The second-order valence-electron chi connectivity index (χ2n) is 0. The van der Waals surface area contributed by atoms with Crippen LogP contribution in [0.15, 0.2) is 0 Å². The zero-order valence-electron chi connectivity index (χ0n) is 3.06. The minimum absolute atomic E-state index is 0. The molecule has 0 aromatic heterocycles. The van der Waals surface area contributed by atoms with Crippen molar-refractivity contribution in [3.8, 4) is 0 Å². The fraction of sp³-hybridized carbons (Fsp3) is 0. The predicted octanol–water partition coefficient (Wildman–Crippen LogP) is -5.61. The first kappa shape index (κ1) is 138. The maximum absolute atomic E-state index is 0. The van der Waals surface area contributed by atoms with E-state index in [0.717, 1.165) is 0 Å². The van der Waals surface area contributed by atoms with Gasteiger partial charge >= 0.3 is 0 Å². The molecular weight excluding hydrogens is 252 g/mol. The van der Waals surface area contributed by atoms with E-state index in [-0.39, 0.29) is 107 Å². The van der Waals surface area contributed by atoms with Crippen LogP contribution in [-0.2, 0) is 21.1 Å². The van der Waals surface area contributed by atoms with Crippen LogP contribution in [0.5, 0.6) is 0 Å². The second-order valence-corrected chi connectivity index (χ2v) is 0. The fourth-order valence-corrected chi connectivity index (χ4v) is 0. The van der Waals surface area contributed by atoms with E-state index in [9.17, 15) is 0 Å². The molecule has 0 fully saturated rings. The third-order valence-corrected chi connectivity index (χ3v) is 0. The van der Waals surface area contributed by atoms with E-state index in [4.69, 9.17) is 0 Å². The molecule has 8 heavy (non-hydrogen) atoms. The van der Waals surface area contributed by atoms with Gasteiger partial charge in [-0.15, -0.1) is 0 Å². The normalized spacial score (nSPS) is 0. The average Bonchev–Trinajstić information content (AvgIpc) is 0. The Morgan fingerprint density at radius 3 is 0.500 bits per heavy atom. The van der Waals surface area contributed by atoms with Crippen molar-refractivity contribution >= 4 is 69.4 Å². The van der Waals surface area contributed by atoms with E-state index < -0.39 is 0 Å². The zero-order valence-corrected chi connectivity index (χ0v) is 7.38. The van der Waals surface area contributed by atoms with Gasteiger partial charge in [0, 0.05) is 55.8 Å². The van der Waals surface area contributed by atoms with Crippen LogP contribution < -0.4 is 0 Å². The Bertz CT molecular complexity index is 11.2. The van der Waals surface area contributed by atoms with Gasteiger partial charge in [-0.2, -0.15) is 0 Å². The molecule has 0 spiro atoms. The van der Waals surface area contributed by atoms with Crippen molar-refractivity contribution in [3.63, 3.8) is 0 Å². The third kappa shape index (κ3) is 70.8. The van der Waals surface area contributed by atoms with E-state index in [0.29, 0.717) is 0 Å². The summed E-state index contributed by atoms with van der Waals surface area (Å²) in [5.41, 5.74) is 0. The summed E-state index contributed by atoms with van der Waals surface area (Å²) in [5.74, 6) is 0. The number of rotatable bonds is 0. The summed E-state index contributed by atoms with van der Waals surface area (Å²) in [4.78, 5) is 0. The quantitative estimate of drug-likeness (QED) is 0.390. The van der Waals surface area contributed by atoms with E-state index in [1.54, 1.807) is 0 Å². The van der Waals surface area contributed by atoms with Crippen LogP contribution in [0, 0.1) is 0 Å². The Morgan fingerprint density at radius 2 is 0.500 bits per heavy atom. The van der Waals surface area contributed by atoms with E-state index in [2.05, 4.69) is 0 Å². The minimum atomic E-state index is 0. The van der Waals surface area contributed by atoms with Crippen LogP contribution >= 0.6 is 0 Å². The maximum atomic E-state index is 0. The van der Waals surface area contributed by atoms with Crippen LogP contribution in [0.25, 0.3) is 0 Å². The van der Waals surface area contributed by atoms with Crippen molar-refractivity contribution in [1.29, 1.82) is 0 Å². The molecule has 6 N–H and O–H groups in total. The summed E-state index contributed by atoms with van der Waals surface area (Å²) in [6.07, 6.45) is 0. The van der Waals surface area contributed by atoms with Gasteiger partial charge in [-0.25, -0.2) is 0 Å². The first-order chi connectivity index (χ1) is 0. The van der Waals surface area contributed by atoms with E-state index >= 15 is 0 Å². The largest absolute Gasteiger partial charge is 0.412 e. The zero-order chi connectivity index (χ0) is 0. The molecule has 0 aliphatic heterocycles. The molecule has 0 amide bonds. The van der Waals surface area contributed by atoms with Gasteiger partial charge in [0.1, 0.15) is 0 Å². The molecule has 0 unspecified atom stereocenters. The molecule has 48 valence electrons. The minimum Gasteiger partial charge on any atom is -0.412 e. The van der Waals surface area contributed by atoms with Gasteiger partial charge in [-0.1, -0.05) is 0 Å². The standard InChI is InChI=1S/4Al.Mo.3H2O.6H/h;;;;;3*1H2;;;;;;. The van der Waals surface area contributed by atoms with Crippen LogP contribution in [-0.4, -0.2) is 85.9 Å². The Morgan fingerprint density at radius 1 is 0.500 bits per heavy atom. The third-order valence-electron chi connectivity index (χ3n) is 0. The molecular formula is H12Al4MoO3. The molecule has 0 bridgehead atoms. The van der Waals surface area contributed by atoms with Crippen molar-refractivity contribution in [2.24, 2.45) is 0 Å². The Kier molecular flexibility index (Phi) is 1740. The molecule has 0 atom stereocenters. The van der Waals surface area contributed by atoms with Crippen molar-refractivity contribution in [2.45, 2.75) is 0 Å². The molecule has 0 saturated heterocycles. The second kappa shape index (κ2) is 101. The maximum Gasteiger partial charge on any atom is 0.187 e. The van der Waals surface area contributed by atoms with Gasteiger partial charge in [-0.05, 0) is 0 Å². The SMILES string of the molecule is O.O.O.[AlH3].[AlH3].[Al].[Al].[Mo]. The molecule has 0 aliphatic carbocycles. The van der Waals surface area contributed by atoms with Crippen LogP contribution in [0.2, 0.25) is 0 Å². The van der Waals surface area contributed by atoms with Gasteiger partial charge in [0.25, 0.3) is 0 Å². The van der Waals surface area contributed by atoms with Crippen LogP contribution in [0.4, 0.5) is 0 Å². The van der Waals surface area contributed by atoms with Gasteiger partial charge in [0.2, 0.25) is 0 Å². The van der Waals surface area contributed by atoms with Crippen molar-refractivity contribution in [3.05, 3.63) is 0 Å². The summed E-state index contributed by atoms with van der Waals surface area (Å²) in [5, 5.41) is 0. The van der Waals surface area contributed by atoms with Crippen LogP contribution in [0.1, 0.15) is 0 Å². The van der Waals surface area contributed by atoms with Crippen LogP contribution in [0.3, 0.4) is 0 Å². The Hall–Kier alpha value is 2.70. The molecule has 0 aromatic rings. The van der Waals surface area contributed by atoms with E-state index in [1.807, 2.05) is 0 Å². The monoisotopic (exact) mass is 266 g/mol. The van der Waals surface area contributed by atoms with Gasteiger partial charge < -0.3 is 16.4 Å². The van der Waals surface area contributed by atoms with Crippen molar-refractivity contribution in [2.75, 3.05) is 0 Å². The number of hydrogen-bond acceptors (Lipinski definition) is 0. The summed E-state index contributed by atoms with van der Waals surface area (Å²) in [6, 6.07) is 0. The molecule has 0 aromatic carbocycles. The summed E-state index contributed by atoms with van der Waals surface area (Å²) < 4.78 is 0. The van der Waals surface area contributed by atoms with Gasteiger partial charge in [0.05, 0.1) is 0 Å². The topological polar surface area (TPSA) is 94.5 Å². The Balaban J connectivity index is 0. The fourth-order valence-electron chi connectivity index (χ4n) is 0. The summed E-state index contributed by atoms with van der Waals surface area (Å²) in [7, 11) is 0. The smallest absolute Gasteiger partial charge is 0.187 e. The Labute approximate surface area is 106 Å². The van der Waals surface area contributed by atoms with Gasteiger partial charge in [-0.3, -0.25) is 0 Å². The average molecular weight is 264 g/mol. The molecule has 0 aliphatic rings. The molecule has 0 heterocycles. The molecule has 0 rings (SSSR count). The summed E-state index contributed by atoms with van der Waals surface area (Å²) >= 11 is 0. The first-order valence-electron chi connectivity index (χ1n) is 0.